The summed E-state index contributed by atoms with van der Waals surface area (Å²) in [5.74, 6) is -0.373. The topological polar surface area (TPSA) is 82.2 Å². The van der Waals surface area contributed by atoms with E-state index in [0.717, 1.165) is 21.8 Å². The number of nitrogens with two attached hydrogens (primary N) is 1. The molecule has 0 saturated heterocycles. The van der Waals surface area contributed by atoms with Gasteiger partial charge in [0.25, 0.3) is 5.91 Å². The molecule has 0 aliphatic carbocycles. The number of anilines is 1. The van der Waals surface area contributed by atoms with Crippen molar-refractivity contribution in [3.8, 4) is 0 Å². The van der Waals surface area contributed by atoms with Gasteiger partial charge in [0.15, 0.2) is 0 Å². The van der Waals surface area contributed by atoms with Gasteiger partial charge < -0.3 is 10.3 Å². The van der Waals surface area contributed by atoms with Crippen LogP contribution in [0.2, 0.25) is 10.0 Å². The van der Waals surface area contributed by atoms with Crippen molar-refractivity contribution in [2.75, 3.05) is 5.73 Å². The third-order valence-corrected chi connectivity index (χ3v) is 5.28. The number of hydroxylamine groups is 1. The molecule has 142 valence electrons. The Kier molecular flexibility index (Phi) is 4.85. The van der Waals surface area contributed by atoms with Gasteiger partial charge >= 0.3 is 0 Å². The lowest BCUT2D eigenvalue weighted by molar-refractivity contribution is 0.0235. The fourth-order valence-corrected chi connectivity index (χ4v) is 3.75. The van der Waals surface area contributed by atoms with E-state index in [4.69, 9.17) is 33.8 Å². The van der Waals surface area contributed by atoms with Crippen LogP contribution in [0.4, 0.5) is 5.69 Å². The fourth-order valence-electron chi connectivity index (χ4n) is 3.27. The lowest BCUT2D eigenvalue weighted by Gasteiger charge is -2.09. The van der Waals surface area contributed by atoms with Crippen LogP contribution >= 0.6 is 23.2 Å². The SMILES string of the molecule is Cn1c2ccc(N)cc2c2c(C(=O)NOCc3c(Cl)cncc3Cl)cccc21. The molecular weight excluding hydrogens is 399 g/mol. The molecule has 0 radical (unpaired) electrons. The summed E-state index contributed by atoms with van der Waals surface area (Å²) in [4.78, 5) is 22.1. The number of nitrogens with zero attached hydrogens (tertiary/aromatic N) is 2. The van der Waals surface area contributed by atoms with Crippen LogP contribution in [0.5, 0.6) is 0 Å². The van der Waals surface area contributed by atoms with Crippen molar-refractivity contribution in [1.82, 2.24) is 15.0 Å². The quantitative estimate of drug-likeness (QED) is 0.381. The number of hydrogen-bond donors (Lipinski definition) is 2. The van der Waals surface area contributed by atoms with E-state index in [-0.39, 0.29) is 12.5 Å². The van der Waals surface area contributed by atoms with E-state index in [9.17, 15) is 4.79 Å². The van der Waals surface area contributed by atoms with Crippen LogP contribution in [-0.2, 0) is 18.5 Å². The Labute approximate surface area is 170 Å². The van der Waals surface area contributed by atoms with Gasteiger partial charge in [0.2, 0.25) is 0 Å². The molecular formula is C20H16Cl2N4O2. The zero-order valence-corrected chi connectivity index (χ0v) is 16.4. The van der Waals surface area contributed by atoms with Gasteiger partial charge in [0, 0.05) is 52.5 Å². The van der Waals surface area contributed by atoms with Gasteiger partial charge in [-0.3, -0.25) is 14.6 Å². The molecule has 0 bridgehead atoms. The summed E-state index contributed by atoms with van der Waals surface area (Å²) in [5, 5.41) is 2.46. The number of halogens is 2. The van der Waals surface area contributed by atoms with Crippen molar-refractivity contribution < 1.29 is 9.63 Å². The molecule has 2 aromatic heterocycles. The molecule has 0 spiro atoms. The maximum atomic E-state index is 12.8. The van der Waals surface area contributed by atoms with Crippen LogP contribution in [0, 0.1) is 0 Å². The highest BCUT2D eigenvalue weighted by molar-refractivity contribution is 6.35. The summed E-state index contributed by atoms with van der Waals surface area (Å²) in [5.41, 5.74) is 12.0. The van der Waals surface area contributed by atoms with Gasteiger partial charge in [-0.2, -0.15) is 0 Å². The maximum absolute atomic E-state index is 12.8. The zero-order chi connectivity index (χ0) is 19.8. The Balaban J connectivity index is 1.65. The second-order valence-electron chi connectivity index (χ2n) is 6.34. The van der Waals surface area contributed by atoms with E-state index in [2.05, 4.69) is 10.5 Å². The predicted molar refractivity (Wildman–Crippen MR) is 111 cm³/mol. The lowest BCUT2D eigenvalue weighted by atomic mass is 10.1. The molecule has 8 heteroatoms. The Morgan fingerprint density at radius 2 is 1.93 bits per heavy atom. The molecule has 3 N–H and O–H groups in total. The lowest BCUT2D eigenvalue weighted by Crippen LogP contribution is -2.24. The number of amides is 1. The number of rotatable bonds is 4. The molecule has 0 saturated carbocycles. The average Bonchev–Trinajstić information content (AvgIpc) is 2.96. The number of hydrogen-bond acceptors (Lipinski definition) is 4. The van der Waals surface area contributed by atoms with Crippen molar-refractivity contribution >= 4 is 56.6 Å². The normalized spacial score (nSPS) is 11.2. The van der Waals surface area contributed by atoms with Gasteiger partial charge in [0.1, 0.15) is 6.61 Å². The van der Waals surface area contributed by atoms with Gasteiger partial charge in [-0.25, -0.2) is 5.48 Å². The van der Waals surface area contributed by atoms with Crippen LogP contribution in [0.1, 0.15) is 15.9 Å². The number of benzene rings is 2. The van der Waals surface area contributed by atoms with Crippen LogP contribution < -0.4 is 11.2 Å². The van der Waals surface area contributed by atoms with E-state index in [1.165, 1.54) is 12.4 Å². The summed E-state index contributed by atoms with van der Waals surface area (Å²) in [6, 6.07) is 11.2. The number of fused-ring (bicyclic) bond motifs is 3. The molecule has 0 atom stereocenters. The third-order valence-electron chi connectivity index (χ3n) is 4.63. The number of nitrogen functional groups attached to an aromatic ring is 1. The largest absolute Gasteiger partial charge is 0.399 e. The molecule has 0 aliphatic heterocycles. The average molecular weight is 415 g/mol. The first-order chi connectivity index (χ1) is 13.5. The molecule has 1 amide bonds. The highest BCUT2D eigenvalue weighted by atomic mass is 35.5. The molecule has 0 aliphatic rings. The molecule has 6 nitrogen and oxygen atoms in total. The monoisotopic (exact) mass is 414 g/mol. The minimum absolute atomic E-state index is 0.0182. The van der Waals surface area contributed by atoms with E-state index in [0.29, 0.717) is 26.9 Å². The first kappa shape index (κ1) is 18.6. The summed E-state index contributed by atoms with van der Waals surface area (Å²) < 4.78 is 2.03. The predicted octanol–water partition coefficient (Wildman–Crippen LogP) is 4.48. The highest BCUT2D eigenvalue weighted by Gasteiger charge is 2.17. The standard InChI is InChI=1S/C20H16Cl2N4O2/c1-26-17-6-5-11(23)7-13(17)19-12(3-2-4-18(19)26)20(27)25-28-10-14-15(21)8-24-9-16(14)22/h2-9H,10,23H2,1H3,(H,25,27). The van der Waals surface area contributed by atoms with Crippen LogP contribution in [0.3, 0.4) is 0 Å². The number of carbonyl (C=O) groups is 1. The van der Waals surface area contributed by atoms with Crippen molar-refractivity contribution in [1.29, 1.82) is 0 Å². The van der Waals surface area contributed by atoms with Crippen LogP contribution in [0.25, 0.3) is 21.8 Å². The molecule has 0 unspecified atom stereocenters. The van der Waals surface area contributed by atoms with Crippen LogP contribution in [-0.4, -0.2) is 15.5 Å². The summed E-state index contributed by atoms with van der Waals surface area (Å²) in [7, 11) is 1.95. The van der Waals surface area contributed by atoms with Crippen molar-refractivity contribution in [2.45, 2.75) is 6.61 Å². The maximum Gasteiger partial charge on any atom is 0.275 e. The molecule has 4 aromatic rings. The van der Waals surface area contributed by atoms with E-state index in [1.807, 2.05) is 41.9 Å². The van der Waals surface area contributed by atoms with Crippen LogP contribution in [0.15, 0.2) is 48.8 Å². The molecule has 28 heavy (non-hydrogen) atoms. The third kappa shape index (κ3) is 3.16. The zero-order valence-electron chi connectivity index (χ0n) is 14.9. The smallest absolute Gasteiger partial charge is 0.275 e. The molecule has 4 rings (SSSR count). The number of nitrogens with one attached hydrogen (secondary N) is 1. The number of aromatic nitrogens is 2. The summed E-state index contributed by atoms with van der Waals surface area (Å²) in [6.45, 7) is 0.0182. The molecule has 2 aromatic carbocycles. The first-order valence-corrected chi connectivity index (χ1v) is 9.19. The molecule has 0 fully saturated rings. The van der Waals surface area contributed by atoms with E-state index >= 15 is 0 Å². The Morgan fingerprint density at radius 3 is 2.68 bits per heavy atom. The van der Waals surface area contributed by atoms with Crippen molar-refractivity contribution in [3.05, 3.63) is 70.0 Å². The minimum atomic E-state index is -0.373. The minimum Gasteiger partial charge on any atom is -0.399 e. The number of aryl methyl sites for hydroxylation is 1. The Morgan fingerprint density at radius 1 is 1.18 bits per heavy atom. The van der Waals surface area contributed by atoms with Gasteiger partial charge in [0.05, 0.1) is 15.6 Å². The molecule has 2 heterocycles. The highest BCUT2D eigenvalue weighted by Crippen LogP contribution is 2.32. The van der Waals surface area contributed by atoms with Crippen molar-refractivity contribution in [3.63, 3.8) is 0 Å². The van der Waals surface area contributed by atoms with Gasteiger partial charge in [-0.05, 0) is 30.3 Å². The summed E-state index contributed by atoms with van der Waals surface area (Å²) in [6.07, 6.45) is 2.93. The Bertz CT molecular complexity index is 1200. The Hall–Kier alpha value is -2.80. The second kappa shape index (κ2) is 7.31. The van der Waals surface area contributed by atoms with Gasteiger partial charge in [-0.15, -0.1) is 0 Å². The number of pyridine rings is 1. The van der Waals surface area contributed by atoms with E-state index in [1.54, 1.807) is 6.07 Å². The van der Waals surface area contributed by atoms with Crippen molar-refractivity contribution in [2.24, 2.45) is 7.05 Å². The van der Waals surface area contributed by atoms with E-state index < -0.39 is 0 Å². The number of carbonyl (C=O) groups excluding carboxylic acids is 1. The fraction of sp³-hybridized carbons (Fsp3) is 0.100. The second-order valence-corrected chi connectivity index (χ2v) is 7.15. The first-order valence-electron chi connectivity index (χ1n) is 8.44. The van der Waals surface area contributed by atoms with Gasteiger partial charge in [-0.1, -0.05) is 29.3 Å². The summed E-state index contributed by atoms with van der Waals surface area (Å²) >= 11 is 12.1.